The van der Waals surface area contributed by atoms with E-state index in [1.165, 1.54) is 18.9 Å². The van der Waals surface area contributed by atoms with Gasteiger partial charge in [-0.25, -0.2) is 0 Å². The van der Waals surface area contributed by atoms with Crippen LogP contribution in [0.5, 0.6) is 0 Å². The number of hydrogen-bond acceptors (Lipinski definition) is 4. The summed E-state index contributed by atoms with van der Waals surface area (Å²) >= 11 is 7.23. The standard InChI is InChI=1S/C13H16ClNO3S/c1-9-7-10(14)3-4-11(9)15-12(16)8-19-6-5-13(17)18-2/h3-4,7H,5-6,8H2,1-2H3,(H,15,16). The number of rotatable bonds is 6. The summed E-state index contributed by atoms with van der Waals surface area (Å²) in [6, 6.07) is 5.30. The summed E-state index contributed by atoms with van der Waals surface area (Å²) in [4.78, 5) is 22.6. The first-order chi connectivity index (χ1) is 9.02. The SMILES string of the molecule is COC(=O)CCSCC(=O)Nc1ccc(Cl)cc1C. The van der Waals surface area contributed by atoms with E-state index in [0.717, 1.165) is 11.3 Å². The second kappa shape index (κ2) is 8.07. The first kappa shape index (κ1) is 15.9. The van der Waals surface area contributed by atoms with Crippen LogP contribution in [0.3, 0.4) is 0 Å². The van der Waals surface area contributed by atoms with Gasteiger partial charge >= 0.3 is 5.97 Å². The van der Waals surface area contributed by atoms with E-state index >= 15 is 0 Å². The summed E-state index contributed by atoms with van der Waals surface area (Å²) in [5, 5.41) is 3.45. The molecule has 0 atom stereocenters. The predicted octanol–water partition coefficient (Wildman–Crippen LogP) is 2.88. The smallest absolute Gasteiger partial charge is 0.306 e. The number of aryl methyl sites for hydroxylation is 1. The average Bonchev–Trinajstić information content (AvgIpc) is 2.37. The van der Waals surface area contributed by atoms with Gasteiger partial charge in [-0.3, -0.25) is 9.59 Å². The van der Waals surface area contributed by atoms with E-state index in [1.807, 2.05) is 6.92 Å². The van der Waals surface area contributed by atoms with Gasteiger partial charge in [0, 0.05) is 16.5 Å². The number of hydrogen-bond donors (Lipinski definition) is 1. The molecular weight excluding hydrogens is 286 g/mol. The van der Waals surface area contributed by atoms with Crippen molar-refractivity contribution in [3.05, 3.63) is 28.8 Å². The number of carbonyl (C=O) groups is 2. The molecule has 1 amide bonds. The number of amides is 1. The third kappa shape index (κ3) is 5.98. The van der Waals surface area contributed by atoms with Crippen LogP contribution in [0, 0.1) is 6.92 Å². The molecule has 0 heterocycles. The average molecular weight is 302 g/mol. The van der Waals surface area contributed by atoms with Crippen molar-refractivity contribution in [1.82, 2.24) is 0 Å². The fourth-order valence-corrected chi connectivity index (χ4v) is 2.32. The third-order valence-electron chi connectivity index (χ3n) is 2.37. The number of thioether (sulfide) groups is 1. The van der Waals surface area contributed by atoms with Crippen LogP contribution in [-0.2, 0) is 14.3 Å². The van der Waals surface area contributed by atoms with Crippen LogP contribution >= 0.6 is 23.4 Å². The van der Waals surface area contributed by atoms with Crippen molar-refractivity contribution in [2.75, 3.05) is 23.9 Å². The van der Waals surface area contributed by atoms with E-state index < -0.39 is 0 Å². The number of ether oxygens (including phenoxy) is 1. The minimum atomic E-state index is -0.263. The number of carbonyl (C=O) groups excluding carboxylic acids is 2. The van der Waals surface area contributed by atoms with Crippen molar-refractivity contribution >= 4 is 40.9 Å². The molecule has 1 aromatic rings. The first-order valence-corrected chi connectivity index (χ1v) is 7.26. The van der Waals surface area contributed by atoms with Gasteiger partial charge < -0.3 is 10.1 Å². The molecule has 19 heavy (non-hydrogen) atoms. The highest BCUT2D eigenvalue weighted by Gasteiger charge is 2.06. The Kier molecular flexibility index (Phi) is 6.73. The molecule has 0 aliphatic carbocycles. The normalized spacial score (nSPS) is 10.1. The molecule has 0 aromatic heterocycles. The van der Waals surface area contributed by atoms with Gasteiger partial charge in [0.15, 0.2) is 0 Å². The van der Waals surface area contributed by atoms with E-state index in [0.29, 0.717) is 22.9 Å². The third-order valence-corrected chi connectivity index (χ3v) is 3.57. The van der Waals surface area contributed by atoms with E-state index in [2.05, 4.69) is 10.1 Å². The van der Waals surface area contributed by atoms with Crippen molar-refractivity contribution in [3.63, 3.8) is 0 Å². The lowest BCUT2D eigenvalue weighted by Crippen LogP contribution is -2.15. The van der Waals surface area contributed by atoms with Gasteiger partial charge in [-0.1, -0.05) is 11.6 Å². The van der Waals surface area contributed by atoms with Crippen molar-refractivity contribution in [3.8, 4) is 0 Å². The number of esters is 1. The molecular formula is C13H16ClNO3S. The summed E-state index contributed by atoms with van der Waals surface area (Å²) < 4.78 is 4.51. The predicted molar refractivity (Wildman–Crippen MR) is 78.8 cm³/mol. The Morgan fingerprint density at radius 2 is 2.16 bits per heavy atom. The van der Waals surface area contributed by atoms with Gasteiger partial charge in [0.25, 0.3) is 0 Å². The zero-order valence-corrected chi connectivity index (χ0v) is 12.4. The van der Waals surface area contributed by atoms with Gasteiger partial charge in [0.1, 0.15) is 0 Å². The maximum atomic E-state index is 11.7. The van der Waals surface area contributed by atoms with Crippen molar-refractivity contribution in [1.29, 1.82) is 0 Å². The molecule has 0 unspecified atom stereocenters. The van der Waals surface area contributed by atoms with Crippen LogP contribution in [0.4, 0.5) is 5.69 Å². The minimum Gasteiger partial charge on any atom is -0.469 e. The lowest BCUT2D eigenvalue weighted by Gasteiger charge is -2.08. The maximum absolute atomic E-state index is 11.7. The molecule has 1 aromatic carbocycles. The topological polar surface area (TPSA) is 55.4 Å². The number of methoxy groups -OCH3 is 1. The maximum Gasteiger partial charge on any atom is 0.306 e. The molecule has 0 aliphatic heterocycles. The van der Waals surface area contributed by atoms with Crippen LogP contribution < -0.4 is 5.32 Å². The molecule has 0 spiro atoms. The molecule has 0 saturated carbocycles. The highest BCUT2D eigenvalue weighted by Crippen LogP contribution is 2.19. The Bertz CT molecular complexity index is 465. The molecule has 0 aliphatic rings. The van der Waals surface area contributed by atoms with Crippen LogP contribution in [-0.4, -0.2) is 30.5 Å². The van der Waals surface area contributed by atoms with Gasteiger partial charge in [-0.05, 0) is 30.7 Å². The molecule has 6 heteroatoms. The molecule has 0 radical (unpaired) electrons. The highest BCUT2D eigenvalue weighted by atomic mass is 35.5. The largest absolute Gasteiger partial charge is 0.469 e. The molecule has 0 fully saturated rings. The minimum absolute atomic E-state index is 0.0970. The highest BCUT2D eigenvalue weighted by molar-refractivity contribution is 7.99. The van der Waals surface area contributed by atoms with Gasteiger partial charge in [0.05, 0.1) is 19.3 Å². The lowest BCUT2D eigenvalue weighted by atomic mass is 10.2. The summed E-state index contributed by atoms with van der Waals surface area (Å²) in [5.41, 5.74) is 1.67. The summed E-state index contributed by atoms with van der Waals surface area (Å²) in [7, 11) is 1.35. The lowest BCUT2D eigenvalue weighted by molar-refractivity contribution is -0.140. The summed E-state index contributed by atoms with van der Waals surface area (Å²) in [5.74, 6) is 0.514. The monoisotopic (exact) mass is 301 g/mol. The molecule has 1 rings (SSSR count). The van der Waals surface area contributed by atoms with Crippen LogP contribution in [0.15, 0.2) is 18.2 Å². The Labute approximate surface area is 121 Å². The van der Waals surface area contributed by atoms with Crippen LogP contribution in [0.2, 0.25) is 5.02 Å². The Balaban J connectivity index is 2.33. The number of anilines is 1. The van der Waals surface area contributed by atoms with Gasteiger partial charge in [0.2, 0.25) is 5.91 Å². The van der Waals surface area contributed by atoms with Crippen molar-refractivity contribution in [2.45, 2.75) is 13.3 Å². The fraction of sp³-hybridized carbons (Fsp3) is 0.385. The van der Waals surface area contributed by atoms with E-state index in [1.54, 1.807) is 18.2 Å². The molecule has 0 saturated heterocycles. The quantitative estimate of drug-likeness (QED) is 0.648. The second-order valence-corrected chi connectivity index (χ2v) is 5.43. The number of halogens is 1. The van der Waals surface area contributed by atoms with Crippen molar-refractivity contribution < 1.29 is 14.3 Å². The Hall–Kier alpha value is -1.20. The Morgan fingerprint density at radius 1 is 1.42 bits per heavy atom. The first-order valence-electron chi connectivity index (χ1n) is 5.73. The van der Waals surface area contributed by atoms with Gasteiger partial charge in [-0.2, -0.15) is 11.8 Å². The van der Waals surface area contributed by atoms with Crippen LogP contribution in [0.25, 0.3) is 0 Å². The molecule has 0 bridgehead atoms. The molecule has 1 N–H and O–H groups in total. The zero-order chi connectivity index (χ0) is 14.3. The molecule has 104 valence electrons. The number of benzene rings is 1. The van der Waals surface area contributed by atoms with E-state index in [-0.39, 0.29) is 11.9 Å². The van der Waals surface area contributed by atoms with E-state index in [4.69, 9.17) is 11.6 Å². The van der Waals surface area contributed by atoms with Crippen LogP contribution in [0.1, 0.15) is 12.0 Å². The fourth-order valence-electron chi connectivity index (χ4n) is 1.38. The summed E-state index contributed by atoms with van der Waals surface area (Å²) in [6.07, 6.45) is 0.314. The Morgan fingerprint density at radius 3 is 2.79 bits per heavy atom. The summed E-state index contributed by atoms with van der Waals surface area (Å²) in [6.45, 7) is 1.88. The molecule has 4 nitrogen and oxygen atoms in total. The number of nitrogens with one attached hydrogen (secondary N) is 1. The van der Waals surface area contributed by atoms with Crippen molar-refractivity contribution in [2.24, 2.45) is 0 Å². The van der Waals surface area contributed by atoms with E-state index in [9.17, 15) is 9.59 Å². The van der Waals surface area contributed by atoms with Gasteiger partial charge in [-0.15, -0.1) is 0 Å². The second-order valence-electron chi connectivity index (χ2n) is 3.89. The zero-order valence-electron chi connectivity index (χ0n) is 10.9.